The normalized spacial score (nSPS) is 22.0. The van der Waals surface area contributed by atoms with Crippen LogP contribution in [0.5, 0.6) is 0 Å². The third-order valence-corrected chi connectivity index (χ3v) is 4.71. The fourth-order valence-corrected chi connectivity index (χ4v) is 3.58. The highest BCUT2D eigenvalue weighted by molar-refractivity contribution is 5.85. The van der Waals surface area contributed by atoms with E-state index in [1.807, 2.05) is 0 Å². The maximum atomic E-state index is 12.3. The molecular formula is C16H26N2O4. The molecule has 2 N–H and O–H groups in total. The molecule has 1 aliphatic heterocycles. The molecule has 0 aromatic heterocycles. The largest absolute Gasteiger partial charge is 0.481 e. The molecule has 2 rings (SSSR count). The highest BCUT2D eigenvalue weighted by Crippen LogP contribution is 2.32. The van der Waals surface area contributed by atoms with Gasteiger partial charge in [0.15, 0.2) is 0 Å². The van der Waals surface area contributed by atoms with Crippen LogP contribution in [-0.2, 0) is 14.4 Å². The summed E-state index contributed by atoms with van der Waals surface area (Å²) < 4.78 is 0. The molecule has 1 saturated heterocycles. The van der Waals surface area contributed by atoms with Crippen LogP contribution in [0, 0.1) is 0 Å². The SMILES string of the molecule is O=C(O)CC1(NC(=O)CN2CCCCCCC2=O)CCCC1. The number of amides is 2. The van der Waals surface area contributed by atoms with Crippen LogP contribution >= 0.6 is 0 Å². The number of hydrogen-bond donors (Lipinski definition) is 2. The predicted molar refractivity (Wildman–Crippen MR) is 81.3 cm³/mol. The van der Waals surface area contributed by atoms with E-state index in [1.54, 1.807) is 4.90 Å². The van der Waals surface area contributed by atoms with Crippen LogP contribution in [0.15, 0.2) is 0 Å². The van der Waals surface area contributed by atoms with E-state index < -0.39 is 11.5 Å². The maximum absolute atomic E-state index is 12.3. The summed E-state index contributed by atoms with van der Waals surface area (Å²) in [6, 6.07) is 0. The molecule has 0 aromatic carbocycles. The number of aliphatic carboxylic acids is 1. The molecule has 2 amide bonds. The number of nitrogens with zero attached hydrogens (tertiary/aromatic N) is 1. The van der Waals surface area contributed by atoms with E-state index in [9.17, 15) is 14.4 Å². The number of carboxylic acid groups (broad SMARTS) is 1. The Morgan fingerprint density at radius 1 is 1.09 bits per heavy atom. The van der Waals surface area contributed by atoms with Gasteiger partial charge in [0.1, 0.15) is 0 Å². The van der Waals surface area contributed by atoms with Gasteiger partial charge in [0.05, 0.1) is 18.5 Å². The van der Waals surface area contributed by atoms with Gasteiger partial charge in [-0.25, -0.2) is 0 Å². The fourth-order valence-electron chi connectivity index (χ4n) is 3.58. The van der Waals surface area contributed by atoms with Crippen molar-refractivity contribution in [2.75, 3.05) is 13.1 Å². The fraction of sp³-hybridized carbons (Fsp3) is 0.812. The average molecular weight is 310 g/mol. The van der Waals surface area contributed by atoms with Crippen LogP contribution < -0.4 is 5.32 Å². The molecule has 6 heteroatoms. The molecule has 0 aromatic rings. The summed E-state index contributed by atoms with van der Waals surface area (Å²) in [6.07, 6.45) is 7.76. The van der Waals surface area contributed by atoms with E-state index in [1.165, 1.54) is 0 Å². The van der Waals surface area contributed by atoms with Gasteiger partial charge >= 0.3 is 5.97 Å². The van der Waals surface area contributed by atoms with Crippen molar-refractivity contribution < 1.29 is 19.5 Å². The first kappa shape index (κ1) is 16.8. The molecule has 0 bridgehead atoms. The van der Waals surface area contributed by atoms with Gasteiger partial charge in [0.2, 0.25) is 11.8 Å². The minimum atomic E-state index is -0.885. The van der Waals surface area contributed by atoms with Crippen LogP contribution in [0.1, 0.15) is 64.2 Å². The number of carbonyl (C=O) groups is 3. The van der Waals surface area contributed by atoms with E-state index in [-0.39, 0.29) is 24.8 Å². The maximum Gasteiger partial charge on any atom is 0.305 e. The van der Waals surface area contributed by atoms with Crippen molar-refractivity contribution in [2.24, 2.45) is 0 Å². The topological polar surface area (TPSA) is 86.7 Å². The van der Waals surface area contributed by atoms with Crippen LogP contribution in [0.3, 0.4) is 0 Å². The van der Waals surface area contributed by atoms with Gasteiger partial charge in [-0.1, -0.05) is 25.7 Å². The van der Waals surface area contributed by atoms with Crippen molar-refractivity contribution in [3.05, 3.63) is 0 Å². The molecule has 0 unspecified atom stereocenters. The highest BCUT2D eigenvalue weighted by Gasteiger charge is 2.37. The van der Waals surface area contributed by atoms with Crippen molar-refractivity contribution >= 4 is 17.8 Å². The number of carbonyl (C=O) groups excluding carboxylic acids is 2. The zero-order chi connectivity index (χ0) is 16.0. The Kier molecular flexibility index (Phi) is 5.80. The smallest absolute Gasteiger partial charge is 0.305 e. The number of hydrogen-bond acceptors (Lipinski definition) is 3. The van der Waals surface area contributed by atoms with Crippen LogP contribution in [0.2, 0.25) is 0 Å². The van der Waals surface area contributed by atoms with Crippen molar-refractivity contribution in [3.8, 4) is 0 Å². The van der Waals surface area contributed by atoms with Gasteiger partial charge < -0.3 is 15.3 Å². The predicted octanol–water partition coefficient (Wildman–Crippen LogP) is 1.68. The third kappa shape index (κ3) is 4.71. The first-order valence-corrected chi connectivity index (χ1v) is 8.31. The molecule has 1 aliphatic carbocycles. The lowest BCUT2D eigenvalue weighted by atomic mass is 9.93. The zero-order valence-corrected chi connectivity index (χ0v) is 13.1. The van der Waals surface area contributed by atoms with Crippen molar-refractivity contribution in [1.82, 2.24) is 10.2 Å². The van der Waals surface area contributed by atoms with Gasteiger partial charge in [-0.15, -0.1) is 0 Å². The lowest BCUT2D eigenvalue weighted by Crippen LogP contribution is -2.51. The van der Waals surface area contributed by atoms with Crippen molar-refractivity contribution in [2.45, 2.75) is 69.7 Å². The summed E-state index contributed by atoms with van der Waals surface area (Å²) in [4.78, 5) is 37.0. The summed E-state index contributed by atoms with van der Waals surface area (Å²) in [5.74, 6) is -1.07. The molecule has 124 valence electrons. The quantitative estimate of drug-likeness (QED) is 0.809. The van der Waals surface area contributed by atoms with Crippen molar-refractivity contribution in [1.29, 1.82) is 0 Å². The van der Waals surface area contributed by atoms with Crippen LogP contribution in [-0.4, -0.2) is 46.4 Å². The van der Waals surface area contributed by atoms with Gasteiger partial charge in [-0.2, -0.15) is 0 Å². The van der Waals surface area contributed by atoms with E-state index in [0.29, 0.717) is 25.8 Å². The van der Waals surface area contributed by atoms with Crippen LogP contribution in [0.4, 0.5) is 0 Å². The van der Waals surface area contributed by atoms with Gasteiger partial charge in [0.25, 0.3) is 0 Å². The van der Waals surface area contributed by atoms with E-state index in [2.05, 4.69) is 5.32 Å². The number of nitrogens with one attached hydrogen (secondary N) is 1. The molecule has 6 nitrogen and oxygen atoms in total. The van der Waals surface area contributed by atoms with Crippen LogP contribution in [0.25, 0.3) is 0 Å². The molecule has 0 atom stereocenters. The second-order valence-electron chi connectivity index (χ2n) is 6.59. The molecule has 22 heavy (non-hydrogen) atoms. The third-order valence-electron chi connectivity index (χ3n) is 4.71. The van der Waals surface area contributed by atoms with Gasteiger partial charge in [-0.3, -0.25) is 14.4 Å². The Hall–Kier alpha value is -1.59. The molecule has 1 saturated carbocycles. The molecular weight excluding hydrogens is 284 g/mol. The first-order chi connectivity index (χ1) is 10.5. The number of likely N-dealkylation sites (tertiary alicyclic amines) is 1. The highest BCUT2D eigenvalue weighted by atomic mass is 16.4. The Bertz CT molecular complexity index is 430. The Morgan fingerprint density at radius 3 is 2.45 bits per heavy atom. The summed E-state index contributed by atoms with van der Waals surface area (Å²) in [5.41, 5.74) is -0.616. The lowest BCUT2D eigenvalue weighted by molar-refractivity contribution is -0.140. The second kappa shape index (κ2) is 7.61. The molecule has 2 aliphatic rings. The van der Waals surface area contributed by atoms with E-state index >= 15 is 0 Å². The number of carboxylic acids is 1. The summed E-state index contributed by atoms with van der Waals surface area (Å²) in [7, 11) is 0. The van der Waals surface area contributed by atoms with Gasteiger partial charge in [-0.05, 0) is 25.7 Å². The minimum absolute atomic E-state index is 0.0350. The second-order valence-corrected chi connectivity index (χ2v) is 6.59. The molecule has 2 fully saturated rings. The molecule has 0 radical (unpaired) electrons. The van der Waals surface area contributed by atoms with Crippen molar-refractivity contribution in [3.63, 3.8) is 0 Å². The standard InChI is InChI=1S/C16H26N2O4/c19-13(12-18-10-6-2-1-3-7-14(18)20)17-16(11-15(21)22)8-4-5-9-16/h1-12H2,(H,17,19)(H,21,22). The van der Waals surface area contributed by atoms with Gasteiger partial charge in [0, 0.05) is 13.0 Å². The Balaban J connectivity index is 1.92. The monoisotopic (exact) mass is 310 g/mol. The average Bonchev–Trinajstić information content (AvgIpc) is 2.85. The zero-order valence-electron chi connectivity index (χ0n) is 13.1. The number of rotatable bonds is 5. The van der Waals surface area contributed by atoms with E-state index in [4.69, 9.17) is 5.11 Å². The minimum Gasteiger partial charge on any atom is -0.481 e. The first-order valence-electron chi connectivity index (χ1n) is 8.31. The summed E-state index contributed by atoms with van der Waals surface area (Å²) in [5, 5.41) is 12.0. The lowest BCUT2D eigenvalue weighted by Gasteiger charge is -2.31. The Morgan fingerprint density at radius 2 is 1.77 bits per heavy atom. The summed E-state index contributed by atoms with van der Waals surface area (Å²) >= 11 is 0. The Labute approximate surface area is 131 Å². The summed E-state index contributed by atoms with van der Waals surface area (Å²) in [6.45, 7) is 0.679. The molecule has 0 spiro atoms. The molecule has 1 heterocycles. The van der Waals surface area contributed by atoms with E-state index in [0.717, 1.165) is 38.5 Å².